The van der Waals surface area contributed by atoms with Gasteiger partial charge in [0, 0.05) is 11.4 Å². The van der Waals surface area contributed by atoms with Crippen molar-refractivity contribution in [1.82, 2.24) is 9.88 Å². The quantitative estimate of drug-likeness (QED) is 0.789. The molecule has 4 rings (SSSR count). The summed E-state index contributed by atoms with van der Waals surface area (Å²) in [4.78, 5) is 31.8. The van der Waals surface area contributed by atoms with Crippen LogP contribution in [0.1, 0.15) is 42.6 Å². The van der Waals surface area contributed by atoms with Crippen LogP contribution in [-0.2, 0) is 9.53 Å². The van der Waals surface area contributed by atoms with Gasteiger partial charge in [0.15, 0.2) is 0 Å². The second-order valence-electron chi connectivity index (χ2n) is 6.99. The SMILES string of the molecule is COC(=O)C1CC2CCCCC2N1C(=O)c1ccc2ccccc2n1. The Labute approximate surface area is 147 Å². The number of amides is 1. The molecule has 1 saturated heterocycles. The maximum absolute atomic E-state index is 13.2. The Morgan fingerprint density at radius 1 is 1.12 bits per heavy atom. The van der Waals surface area contributed by atoms with Gasteiger partial charge in [0.2, 0.25) is 0 Å². The van der Waals surface area contributed by atoms with Gasteiger partial charge in [-0.3, -0.25) is 4.79 Å². The Bertz CT molecular complexity index is 819. The molecule has 0 spiro atoms. The van der Waals surface area contributed by atoms with Gasteiger partial charge in [-0.2, -0.15) is 0 Å². The fourth-order valence-corrected chi connectivity index (χ4v) is 4.42. The monoisotopic (exact) mass is 338 g/mol. The molecule has 3 atom stereocenters. The summed E-state index contributed by atoms with van der Waals surface area (Å²) >= 11 is 0. The topological polar surface area (TPSA) is 59.5 Å². The van der Waals surface area contributed by atoms with E-state index in [4.69, 9.17) is 4.74 Å². The largest absolute Gasteiger partial charge is 0.467 e. The molecule has 2 aliphatic rings. The molecule has 1 saturated carbocycles. The zero-order valence-electron chi connectivity index (χ0n) is 14.4. The zero-order valence-corrected chi connectivity index (χ0v) is 14.4. The molecule has 3 unspecified atom stereocenters. The van der Waals surface area contributed by atoms with Gasteiger partial charge in [0.25, 0.3) is 5.91 Å². The molecule has 1 aromatic carbocycles. The molecule has 2 aromatic rings. The van der Waals surface area contributed by atoms with Gasteiger partial charge in [-0.15, -0.1) is 0 Å². The number of para-hydroxylation sites is 1. The molecule has 130 valence electrons. The highest BCUT2D eigenvalue weighted by Crippen LogP contribution is 2.40. The molecule has 0 bridgehead atoms. The van der Waals surface area contributed by atoms with Gasteiger partial charge in [-0.1, -0.05) is 37.1 Å². The number of carbonyl (C=O) groups is 2. The lowest BCUT2D eigenvalue weighted by atomic mass is 9.84. The summed E-state index contributed by atoms with van der Waals surface area (Å²) in [5.41, 5.74) is 1.20. The summed E-state index contributed by atoms with van der Waals surface area (Å²) in [5.74, 6) is -0.0821. The second-order valence-corrected chi connectivity index (χ2v) is 6.99. The maximum atomic E-state index is 13.2. The number of benzene rings is 1. The van der Waals surface area contributed by atoms with E-state index in [0.717, 1.165) is 30.2 Å². The predicted octanol–water partition coefficient (Wildman–Crippen LogP) is 3.18. The number of ether oxygens (including phenoxy) is 1. The molecule has 1 amide bonds. The van der Waals surface area contributed by atoms with Gasteiger partial charge in [-0.25, -0.2) is 9.78 Å². The Kier molecular flexibility index (Phi) is 4.15. The van der Waals surface area contributed by atoms with Gasteiger partial charge < -0.3 is 9.64 Å². The highest BCUT2D eigenvalue weighted by Gasteiger charge is 2.48. The summed E-state index contributed by atoms with van der Waals surface area (Å²) in [6, 6.07) is 11.0. The van der Waals surface area contributed by atoms with E-state index >= 15 is 0 Å². The van der Waals surface area contributed by atoms with Crippen LogP contribution in [0.3, 0.4) is 0 Å². The van der Waals surface area contributed by atoms with Crippen LogP contribution in [0.15, 0.2) is 36.4 Å². The van der Waals surface area contributed by atoms with Gasteiger partial charge in [0.05, 0.1) is 12.6 Å². The van der Waals surface area contributed by atoms with Gasteiger partial charge in [0.1, 0.15) is 11.7 Å². The van der Waals surface area contributed by atoms with Crippen molar-refractivity contribution in [2.75, 3.05) is 7.11 Å². The molecule has 1 aliphatic heterocycles. The lowest BCUT2D eigenvalue weighted by molar-refractivity contribution is -0.145. The third-order valence-corrected chi connectivity index (χ3v) is 5.61. The van der Waals surface area contributed by atoms with Crippen molar-refractivity contribution in [3.05, 3.63) is 42.1 Å². The highest BCUT2D eigenvalue weighted by molar-refractivity contribution is 5.97. The minimum atomic E-state index is -0.487. The van der Waals surface area contributed by atoms with Crippen LogP contribution >= 0.6 is 0 Å². The summed E-state index contributed by atoms with van der Waals surface area (Å²) < 4.78 is 4.97. The molecular formula is C20H22N2O3. The van der Waals surface area contributed by atoms with E-state index in [1.807, 2.05) is 30.3 Å². The Hall–Kier alpha value is -2.43. The third-order valence-electron chi connectivity index (χ3n) is 5.61. The first-order chi connectivity index (χ1) is 12.2. The fourth-order valence-electron chi connectivity index (χ4n) is 4.42. The summed E-state index contributed by atoms with van der Waals surface area (Å²) in [5, 5.41) is 1.00. The number of aromatic nitrogens is 1. The van der Waals surface area contributed by atoms with Crippen molar-refractivity contribution in [3.8, 4) is 0 Å². The van der Waals surface area contributed by atoms with E-state index in [9.17, 15) is 9.59 Å². The van der Waals surface area contributed by atoms with Gasteiger partial charge >= 0.3 is 5.97 Å². The van der Waals surface area contributed by atoms with E-state index in [1.165, 1.54) is 13.5 Å². The highest BCUT2D eigenvalue weighted by atomic mass is 16.5. The van der Waals surface area contributed by atoms with E-state index in [0.29, 0.717) is 18.0 Å². The first kappa shape index (κ1) is 16.1. The molecule has 1 aliphatic carbocycles. The lowest BCUT2D eigenvalue weighted by Crippen LogP contribution is -2.46. The number of nitrogens with zero attached hydrogens (tertiary/aromatic N) is 2. The van der Waals surface area contributed by atoms with Crippen LogP contribution in [0.5, 0.6) is 0 Å². The molecule has 2 fully saturated rings. The Balaban J connectivity index is 1.70. The average Bonchev–Trinajstić information content (AvgIpc) is 3.06. The normalized spacial score (nSPS) is 25.6. The number of methoxy groups -OCH3 is 1. The Morgan fingerprint density at radius 3 is 2.76 bits per heavy atom. The standard InChI is InChI=1S/C20H22N2O3/c1-25-20(24)18-12-14-7-3-5-9-17(14)22(18)19(23)16-11-10-13-6-2-4-8-15(13)21-16/h2,4,6,8,10-11,14,17-18H,3,5,7,9,12H2,1H3. The van der Waals surface area contributed by atoms with Crippen molar-refractivity contribution in [3.63, 3.8) is 0 Å². The number of likely N-dealkylation sites (tertiary alicyclic amines) is 1. The molecule has 0 radical (unpaired) electrons. The molecule has 1 aromatic heterocycles. The predicted molar refractivity (Wildman–Crippen MR) is 94.1 cm³/mol. The van der Waals surface area contributed by atoms with Crippen molar-refractivity contribution in [1.29, 1.82) is 0 Å². The van der Waals surface area contributed by atoms with Crippen LogP contribution in [0.2, 0.25) is 0 Å². The van der Waals surface area contributed by atoms with E-state index < -0.39 is 6.04 Å². The maximum Gasteiger partial charge on any atom is 0.328 e. The molecule has 0 N–H and O–H groups in total. The number of esters is 1. The van der Waals surface area contributed by atoms with Crippen molar-refractivity contribution < 1.29 is 14.3 Å². The minimum absolute atomic E-state index is 0.124. The average molecular weight is 338 g/mol. The van der Waals surface area contributed by atoms with Crippen LogP contribution in [-0.4, -0.2) is 41.0 Å². The number of pyridine rings is 1. The van der Waals surface area contributed by atoms with E-state index in [-0.39, 0.29) is 17.9 Å². The zero-order chi connectivity index (χ0) is 17.4. The number of fused-ring (bicyclic) bond motifs is 2. The molecule has 2 heterocycles. The van der Waals surface area contributed by atoms with Crippen molar-refractivity contribution >= 4 is 22.8 Å². The molecule has 5 heteroatoms. The third kappa shape index (κ3) is 2.77. The summed E-state index contributed by atoms with van der Waals surface area (Å²) in [6.45, 7) is 0. The minimum Gasteiger partial charge on any atom is -0.467 e. The van der Waals surface area contributed by atoms with Crippen molar-refractivity contribution in [2.45, 2.75) is 44.2 Å². The lowest BCUT2D eigenvalue weighted by Gasteiger charge is -2.33. The first-order valence-corrected chi connectivity index (χ1v) is 8.95. The number of rotatable bonds is 2. The van der Waals surface area contributed by atoms with Crippen LogP contribution in [0.4, 0.5) is 0 Å². The number of carbonyl (C=O) groups excluding carboxylic acids is 2. The van der Waals surface area contributed by atoms with Crippen molar-refractivity contribution in [2.24, 2.45) is 5.92 Å². The smallest absolute Gasteiger partial charge is 0.328 e. The van der Waals surface area contributed by atoms with Crippen LogP contribution in [0, 0.1) is 5.92 Å². The summed E-state index contributed by atoms with van der Waals surface area (Å²) in [7, 11) is 1.39. The van der Waals surface area contributed by atoms with Gasteiger partial charge in [-0.05, 0) is 37.3 Å². The first-order valence-electron chi connectivity index (χ1n) is 8.95. The van der Waals surface area contributed by atoms with E-state index in [1.54, 1.807) is 11.0 Å². The molecular weight excluding hydrogens is 316 g/mol. The van der Waals surface area contributed by atoms with Crippen LogP contribution < -0.4 is 0 Å². The number of hydrogen-bond acceptors (Lipinski definition) is 4. The second kappa shape index (κ2) is 6.47. The van der Waals surface area contributed by atoms with E-state index in [2.05, 4.69) is 4.98 Å². The summed E-state index contributed by atoms with van der Waals surface area (Å²) in [6.07, 6.45) is 5.01. The molecule has 5 nitrogen and oxygen atoms in total. The Morgan fingerprint density at radius 2 is 1.92 bits per heavy atom. The number of hydrogen-bond donors (Lipinski definition) is 0. The van der Waals surface area contributed by atoms with Crippen LogP contribution in [0.25, 0.3) is 10.9 Å². The molecule has 25 heavy (non-hydrogen) atoms. The fraction of sp³-hybridized carbons (Fsp3) is 0.450.